The third-order valence-electron chi connectivity index (χ3n) is 2.02. The third kappa shape index (κ3) is 2.65. The Balaban J connectivity index is 3.21. The highest BCUT2D eigenvalue weighted by atomic mass is 35.5. The number of halogens is 5. The lowest BCUT2D eigenvalue weighted by Crippen LogP contribution is -2.27. The van der Waals surface area contributed by atoms with Crippen molar-refractivity contribution < 1.29 is 13.6 Å². The van der Waals surface area contributed by atoms with E-state index >= 15 is 0 Å². The second kappa shape index (κ2) is 4.86. The summed E-state index contributed by atoms with van der Waals surface area (Å²) in [5, 5.41) is -0.00598. The van der Waals surface area contributed by atoms with Gasteiger partial charge in [0.15, 0.2) is 0 Å². The minimum Gasteiger partial charge on any atom is -0.287 e. The molecular weight excluding hydrogens is 280 g/mol. The summed E-state index contributed by atoms with van der Waals surface area (Å²) in [5.41, 5.74) is -0.244. The Hall–Kier alpha value is -0.380. The predicted octanol–water partition coefficient (Wildman–Crippen LogP) is 4.87. The molecular formula is C10H7Cl3F2O. The maximum atomic E-state index is 13.1. The zero-order chi connectivity index (χ0) is 12.5. The zero-order valence-corrected chi connectivity index (χ0v) is 10.4. The van der Waals surface area contributed by atoms with Crippen LogP contribution in [-0.4, -0.2) is 11.7 Å². The molecule has 0 saturated carbocycles. The highest BCUT2D eigenvalue weighted by molar-refractivity contribution is 6.48. The van der Waals surface area contributed by atoms with Crippen molar-refractivity contribution in [3.63, 3.8) is 0 Å². The standard InChI is InChI=1S/C10H7Cl3F2O/c1-2-10(14,15)9(16)5-3-6(11)8(13)7(12)4-5/h3-4H,2H2,1H3. The molecule has 0 bridgehead atoms. The van der Waals surface area contributed by atoms with Gasteiger partial charge in [0.25, 0.3) is 0 Å². The largest absolute Gasteiger partial charge is 0.309 e. The van der Waals surface area contributed by atoms with Crippen molar-refractivity contribution in [2.75, 3.05) is 0 Å². The van der Waals surface area contributed by atoms with E-state index in [0.29, 0.717) is 0 Å². The van der Waals surface area contributed by atoms with Crippen molar-refractivity contribution in [3.05, 3.63) is 32.8 Å². The van der Waals surface area contributed by atoms with Crippen molar-refractivity contribution in [1.29, 1.82) is 0 Å². The van der Waals surface area contributed by atoms with E-state index in [1.807, 2.05) is 0 Å². The molecule has 1 aromatic carbocycles. The molecule has 0 amide bonds. The van der Waals surface area contributed by atoms with E-state index in [4.69, 9.17) is 34.8 Å². The molecule has 0 aliphatic rings. The molecule has 1 aromatic rings. The van der Waals surface area contributed by atoms with Crippen LogP contribution < -0.4 is 0 Å². The number of carbonyl (C=O) groups excluding carboxylic acids is 1. The summed E-state index contributed by atoms with van der Waals surface area (Å²) in [5.74, 6) is -4.73. The lowest BCUT2D eigenvalue weighted by atomic mass is 10.0. The maximum absolute atomic E-state index is 13.1. The minimum atomic E-state index is -3.42. The molecule has 0 fully saturated rings. The molecule has 16 heavy (non-hydrogen) atoms. The Morgan fingerprint density at radius 1 is 1.25 bits per heavy atom. The quantitative estimate of drug-likeness (QED) is 0.572. The fraction of sp³-hybridized carbons (Fsp3) is 0.300. The van der Waals surface area contributed by atoms with E-state index in [1.165, 1.54) is 6.92 Å². The Labute approximate surface area is 106 Å². The average molecular weight is 288 g/mol. The molecule has 0 radical (unpaired) electrons. The molecule has 0 aliphatic heterocycles. The van der Waals surface area contributed by atoms with Gasteiger partial charge in [0.1, 0.15) is 0 Å². The van der Waals surface area contributed by atoms with Crippen LogP contribution in [0.15, 0.2) is 12.1 Å². The van der Waals surface area contributed by atoms with Crippen LogP contribution in [0.5, 0.6) is 0 Å². The van der Waals surface area contributed by atoms with Crippen molar-refractivity contribution in [2.45, 2.75) is 19.3 Å². The molecule has 6 heteroatoms. The van der Waals surface area contributed by atoms with Gasteiger partial charge in [0, 0.05) is 12.0 Å². The number of alkyl halides is 2. The monoisotopic (exact) mass is 286 g/mol. The van der Waals surface area contributed by atoms with Crippen LogP contribution >= 0.6 is 34.8 Å². The van der Waals surface area contributed by atoms with Crippen LogP contribution in [0.25, 0.3) is 0 Å². The molecule has 0 aliphatic carbocycles. The summed E-state index contributed by atoms with van der Waals surface area (Å²) >= 11 is 16.9. The number of hydrogen-bond acceptors (Lipinski definition) is 1. The van der Waals surface area contributed by atoms with E-state index in [0.717, 1.165) is 12.1 Å². The highest BCUT2D eigenvalue weighted by Gasteiger charge is 2.37. The van der Waals surface area contributed by atoms with Crippen molar-refractivity contribution >= 4 is 40.6 Å². The molecule has 1 nitrogen and oxygen atoms in total. The Morgan fingerprint density at radius 3 is 2.06 bits per heavy atom. The Bertz CT molecular complexity index is 409. The second-order valence-electron chi connectivity index (χ2n) is 3.14. The first-order chi connectivity index (χ1) is 7.29. The van der Waals surface area contributed by atoms with Crippen LogP contribution in [0.1, 0.15) is 23.7 Å². The minimum absolute atomic E-state index is 0.0237. The molecule has 0 saturated heterocycles. The van der Waals surface area contributed by atoms with E-state index in [1.54, 1.807) is 0 Å². The molecule has 88 valence electrons. The Morgan fingerprint density at radius 2 is 1.69 bits per heavy atom. The van der Waals surface area contributed by atoms with Gasteiger partial charge in [0.05, 0.1) is 15.1 Å². The van der Waals surface area contributed by atoms with Crippen molar-refractivity contribution in [3.8, 4) is 0 Å². The van der Waals surface area contributed by atoms with Crippen LogP contribution in [0.4, 0.5) is 8.78 Å². The number of Topliss-reactive ketones (excluding diaryl/α,β-unsaturated/α-hetero) is 1. The van der Waals surface area contributed by atoms with Gasteiger partial charge >= 0.3 is 5.92 Å². The van der Waals surface area contributed by atoms with Gasteiger partial charge in [-0.25, -0.2) is 0 Å². The summed E-state index contributed by atoms with van der Waals surface area (Å²) < 4.78 is 26.3. The SMILES string of the molecule is CCC(F)(F)C(=O)c1cc(Cl)c(Cl)c(Cl)c1. The lowest BCUT2D eigenvalue weighted by molar-refractivity contribution is 0.00806. The number of carbonyl (C=O) groups is 1. The van der Waals surface area contributed by atoms with Gasteiger partial charge in [0.2, 0.25) is 5.78 Å². The Kier molecular flexibility index (Phi) is 4.16. The molecule has 0 spiro atoms. The normalized spacial score (nSPS) is 11.6. The van der Waals surface area contributed by atoms with E-state index in [2.05, 4.69) is 0 Å². The average Bonchev–Trinajstić information content (AvgIpc) is 2.24. The van der Waals surface area contributed by atoms with Gasteiger partial charge in [-0.05, 0) is 12.1 Å². The number of hydrogen-bond donors (Lipinski definition) is 0. The predicted molar refractivity (Wildman–Crippen MR) is 61.0 cm³/mol. The van der Waals surface area contributed by atoms with E-state index in [9.17, 15) is 13.6 Å². The van der Waals surface area contributed by atoms with Gasteiger partial charge in [-0.2, -0.15) is 8.78 Å². The van der Waals surface area contributed by atoms with Crippen LogP contribution in [-0.2, 0) is 0 Å². The number of rotatable bonds is 3. The van der Waals surface area contributed by atoms with E-state index in [-0.39, 0.29) is 20.6 Å². The summed E-state index contributed by atoms with van der Waals surface area (Å²) in [7, 11) is 0. The second-order valence-corrected chi connectivity index (χ2v) is 4.33. The topological polar surface area (TPSA) is 17.1 Å². The van der Waals surface area contributed by atoms with Crippen LogP contribution in [0.2, 0.25) is 15.1 Å². The van der Waals surface area contributed by atoms with Crippen molar-refractivity contribution in [1.82, 2.24) is 0 Å². The number of ketones is 1. The smallest absolute Gasteiger partial charge is 0.287 e. The van der Waals surface area contributed by atoms with Gasteiger partial charge in [-0.3, -0.25) is 4.79 Å². The first-order valence-corrected chi connectivity index (χ1v) is 5.50. The molecule has 1 rings (SSSR count). The fourth-order valence-electron chi connectivity index (χ4n) is 1.06. The first-order valence-electron chi connectivity index (χ1n) is 4.36. The highest BCUT2D eigenvalue weighted by Crippen LogP contribution is 2.33. The molecule has 0 unspecified atom stereocenters. The molecule has 0 atom stereocenters. The van der Waals surface area contributed by atoms with Crippen LogP contribution in [0, 0.1) is 0 Å². The maximum Gasteiger partial charge on any atom is 0.309 e. The number of benzene rings is 1. The fourth-order valence-corrected chi connectivity index (χ4v) is 1.65. The summed E-state index contributed by atoms with van der Waals surface area (Å²) in [6.45, 7) is 1.22. The molecule has 0 heterocycles. The van der Waals surface area contributed by atoms with Gasteiger partial charge in [-0.15, -0.1) is 0 Å². The zero-order valence-electron chi connectivity index (χ0n) is 8.16. The van der Waals surface area contributed by atoms with Gasteiger partial charge < -0.3 is 0 Å². The van der Waals surface area contributed by atoms with Gasteiger partial charge in [-0.1, -0.05) is 41.7 Å². The third-order valence-corrected chi connectivity index (χ3v) is 3.22. The van der Waals surface area contributed by atoms with Crippen LogP contribution in [0.3, 0.4) is 0 Å². The van der Waals surface area contributed by atoms with E-state index < -0.39 is 18.1 Å². The van der Waals surface area contributed by atoms with Crippen molar-refractivity contribution in [2.24, 2.45) is 0 Å². The molecule has 0 aromatic heterocycles. The summed E-state index contributed by atoms with van der Waals surface area (Å²) in [6.07, 6.45) is -0.580. The summed E-state index contributed by atoms with van der Waals surface area (Å²) in [6, 6.07) is 2.17. The molecule has 0 N–H and O–H groups in total. The first kappa shape index (κ1) is 13.7. The lowest BCUT2D eigenvalue weighted by Gasteiger charge is -2.13. The summed E-state index contributed by atoms with van der Waals surface area (Å²) in [4.78, 5) is 11.4.